The normalized spacial score (nSPS) is 11.4. The van der Waals surface area contributed by atoms with Crippen LogP contribution < -0.4 is 29.6 Å². The second-order valence-corrected chi connectivity index (χ2v) is 10.5. The smallest absolute Gasteiger partial charge is 0.744 e. The predicted molar refractivity (Wildman–Crippen MR) is 132 cm³/mol. The minimum atomic E-state index is -4.36. The van der Waals surface area contributed by atoms with Crippen molar-refractivity contribution < 1.29 is 42.5 Å². The maximum absolute atomic E-state index is 11.3. The second kappa shape index (κ2) is 21.6. The van der Waals surface area contributed by atoms with Crippen molar-refractivity contribution in [3.05, 3.63) is 29.8 Å². The van der Waals surface area contributed by atoms with E-state index in [1.165, 1.54) is 115 Å². The van der Waals surface area contributed by atoms with Gasteiger partial charge in [-0.3, -0.25) is 0 Å². The van der Waals surface area contributed by atoms with E-state index in [0.717, 1.165) is 12.8 Å². The Labute approximate surface area is 221 Å². The van der Waals surface area contributed by atoms with Gasteiger partial charge in [-0.1, -0.05) is 141 Å². The number of benzene rings is 1. The molecule has 0 atom stereocenters. The minimum absolute atomic E-state index is 0. The predicted octanol–water partition coefficient (Wildman–Crippen LogP) is 5.57. The van der Waals surface area contributed by atoms with E-state index in [-0.39, 0.29) is 34.5 Å². The topological polar surface area (TPSA) is 57.2 Å². The van der Waals surface area contributed by atoms with Gasteiger partial charge in [-0.05, 0) is 24.5 Å². The molecule has 0 heterocycles. The average molecular weight is 475 g/mol. The molecule has 0 saturated heterocycles. The van der Waals surface area contributed by atoms with E-state index < -0.39 is 10.1 Å². The zero-order valence-electron chi connectivity index (χ0n) is 21.1. The molecule has 0 aromatic heterocycles. The van der Waals surface area contributed by atoms with Gasteiger partial charge in [0, 0.05) is 0 Å². The molecule has 3 nitrogen and oxygen atoms in total. The third-order valence-electron chi connectivity index (χ3n) is 6.29. The Bertz CT molecular complexity index is 646. The maximum Gasteiger partial charge on any atom is 1.00 e. The summed E-state index contributed by atoms with van der Waals surface area (Å²) in [7, 11) is -4.36. The van der Waals surface area contributed by atoms with Crippen molar-refractivity contribution >= 4 is 10.1 Å². The molecular weight excluding hydrogens is 427 g/mol. The number of hydrogen-bond acceptors (Lipinski definition) is 3. The Morgan fingerprint density at radius 3 is 1.31 bits per heavy atom. The van der Waals surface area contributed by atoms with Crippen LogP contribution in [0.3, 0.4) is 0 Å². The van der Waals surface area contributed by atoms with Gasteiger partial charge in [0.05, 0.1) is 4.90 Å². The Kier molecular flexibility index (Phi) is 21.7. The van der Waals surface area contributed by atoms with Crippen LogP contribution in [0.2, 0.25) is 0 Å². The van der Waals surface area contributed by atoms with Crippen molar-refractivity contribution in [2.24, 2.45) is 0 Å². The monoisotopic (exact) mass is 474 g/mol. The molecule has 180 valence electrons. The van der Waals surface area contributed by atoms with Crippen LogP contribution in [0.25, 0.3) is 0 Å². The van der Waals surface area contributed by atoms with Gasteiger partial charge < -0.3 is 4.55 Å². The molecule has 0 aliphatic carbocycles. The molecule has 5 heteroatoms. The first-order valence-electron chi connectivity index (χ1n) is 13.1. The van der Waals surface area contributed by atoms with Crippen LogP contribution in [0.5, 0.6) is 0 Å². The Balaban J connectivity index is 0.00000961. The molecule has 0 bridgehead atoms. The van der Waals surface area contributed by atoms with Crippen molar-refractivity contribution in [3.8, 4) is 0 Å². The molecule has 0 radical (unpaired) electrons. The SMILES string of the molecule is CCCCCCCCCCCCCCCCCCCCCc1ccccc1S(=O)(=O)[O-].[Na+]. The largest absolute Gasteiger partial charge is 1.00 e. The van der Waals surface area contributed by atoms with E-state index in [2.05, 4.69) is 6.92 Å². The molecule has 0 unspecified atom stereocenters. The molecule has 32 heavy (non-hydrogen) atoms. The Morgan fingerprint density at radius 2 is 0.938 bits per heavy atom. The number of aryl methyl sites for hydroxylation is 1. The molecule has 0 aliphatic rings. The number of hydrogen-bond donors (Lipinski definition) is 0. The summed E-state index contributed by atoms with van der Waals surface area (Å²) in [6, 6.07) is 6.61. The van der Waals surface area contributed by atoms with Crippen LogP contribution >= 0.6 is 0 Å². The first-order chi connectivity index (χ1) is 15.1. The van der Waals surface area contributed by atoms with Crippen LogP contribution in [-0.2, 0) is 16.5 Å². The van der Waals surface area contributed by atoms with Crippen molar-refractivity contribution in [3.63, 3.8) is 0 Å². The van der Waals surface area contributed by atoms with E-state index in [9.17, 15) is 13.0 Å². The van der Waals surface area contributed by atoms with Crippen LogP contribution in [0.15, 0.2) is 29.2 Å². The van der Waals surface area contributed by atoms with Gasteiger partial charge in [0.1, 0.15) is 10.1 Å². The summed E-state index contributed by atoms with van der Waals surface area (Å²) in [5, 5.41) is 0. The van der Waals surface area contributed by atoms with Crippen molar-refractivity contribution in [1.82, 2.24) is 0 Å². The molecule has 0 spiro atoms. The number of unbranched alkanes of at least 4 members (excludes halogenated alkanes) is 18. The van der Waals surface area contributed by atoms with Gasteiger partial charge in [0.15, 0.2) is 0 Å². The van der Waals surface area contributed by atoms with Crippen molar-refractivity contribution in [1.29, 1.82) is 0 Å². The van der Waals surface area contributed by atoms with E-state index >= 15 is 0 Å². The fourth-order valence-corrected chi connectivity index (χ4v) is 5.08. The molecule has 0 saturated carbocycles. The van der Waals surface area contributed by atoms with E-state index in [1.54, 1.807) is 18.2 Å². The van der Waals surface area contributed by atoms with E-state index in [4.69, 9.17) is 0 Å². The average Bonchev–Trinajstić information content (AvgIpc) is 2.75. The zero-order chi connectivity index (χ0) is 22.6. The summed E-state index contributed by atoms with van der Waals surface area (Å²) < 4.78 is 33.9. The maximum atomic E-state index is 11.3. The third kappa shape index (κ3) is 17.6. The summed E-state index contributed by atoms with van der Waals surface area (Å²) in [4.78, 5) is -0.0441. The molecule has 1 rings (SSSR count). The fraction of sp³-hybridized carbons (Fsp3) is 0.778. The minimum Gasteiger partial charge on any atom is -0.744 e. The van der Waals surface area contributed by atoms with Gasteiger partial charge in [-0.15, -0.1) is 0 Å². The molecule has 0 fully saturated rings. The quantitative estimate of drug-likeness (QED) is 0.133. The summed E-state index contributed by atoms with van der Waals surface area (Å²) >= 11 is 0. The first kappa shape index (κ1) is 32.1. The van der Waals surface area contributed by atoms with Crippen LogP contribution in [0.1, 0.15) is 134 Å². The summed E-state index contributed by atoms with van der Waals surface area (Å²) in [5.74, 6) is 0. The molecule has 0 aliphatic heterocycles. The summed E-state index contributed by atoms with van der Waals surface area (Å²) in [6.07, 6.45) is 26.2. The molecule has 1 aromatic rings. The van der Waals surface area contributed by atoms with Crippen LogP contribution in [0, 0.1) is 0 Å². The van der Waals surface area contributed by atoms with Crippen molar-refractivity contribution in [2.75, 3.05) is 0 Å². The van der Waals surface area contributed by atoms with Gasteiger partial charge in [0.2, 0.25) is 0 Å². The molecular formula is C27H47NaO3S. The van der Waals surface area contributed by atoms with E-state index in [1.807, 2.05) is 0 Å². The van der Waals surface area contributed by atoms with Gasteiger partial charge in [-0.25, -0.2) is 8.42 Å². The van der Waals surface area contributed by atoms with E-state index in [0.29, 0.717) is 12.0 Å². The molecule has 0 N–H and O–H groups in total. The molecule has 0 amide bonds. The standard InChI is InChI=1S/C27H48O3S.Na/c1-2-3-4-5-6-7-8-9-10-11-12-13-14-15-16-17-18-19-20-23-26-24-21-22-25-27(26)31(28,29)30;/h21-22,24-25H,2-20,23H2,1H3,(H,28,29,30);/q;+1/p-1. The number of rotatable bonds is 21. The fourth-order valence-electron chi connectivity index (χ4n) is 4.35. The molecule has 1 aromatic carbocycles. The van der Waals surface area contributed by atoms with Gasteiger partial charge in [-0.2, -0.15) is 0 Å². The summed E-state index contributed by atoms with van der Waals surface area (Å²) in [6.45, 7) is 2.28. The van der Waals surface area contributed by atoms with Crippen molar-refractivity contribution in [2.45, 2.75) is 140 Å². The first-order valence-corrected chi connectivity index (χ1v) is 14.5. The van der Waals surface area contributed by atoms with Gasteiger partial charge >= 0.3 is 29.6 Å². The second-order valence-electron chi connectivity index (χ2n) is 9.18. The van der Waals surface area contributed by atoms with Gasteiger partial charge in [0.25, 0.3) is 0 Å². The summed E-state index contributed by atoms with van der Waals surface area (Å²) in [5.41, 5.74) is 0.671. The third-order valence-corrected chi connectivity index (χ3v) is 7.23. The zero-order valence-corrected chi connectivity index (χ0v) is 23.9. The Morgan fingerprint density at radius 1 is 0.594 bits per heavy atom. The van der Waals surface area contributed by atoms with Crippen LogP contribution in [-0.4, -0.2) is 13.0 Å². The Hall–Kier alpha value is 0.130. The van der Waals surface area contributed by atoms with Crippen LogP contribution in [0.4, 0.5) is 0 Å².